The molecule has 0 bridgehead atoms. The molecule has 1 aliphatic heterocycles. The number of hydrogen-bond acceptors (Lipinski definition) is 2. The van der Waals surface area contributed by atoms with Crippen LogP contribution in [-0.4, -0.2) is 18.6 Å². The lowest BCUT2D eigenvalue weighted by Crippen LogP contribution is -2.43. The van der Waals surface area contributed by atoms with Crippen LogP contribution in [0.5, 0.6) is 0 Å². The van der Waals surface area contributed by atoms with E-state index in [1.54, 1.807) is 0 Å². The summed E-state index contributed by atoms with van der Waals surface area (Å²) < 4.78 is 0. The molecule has 2 heteroatoms. The lowest BCUT2D eigenvalue weighted by molar-refractivity contribution is 0.491. The van der Waals surface area contributed by atoms with E-state index in [1.807, 2.05) is 0 Å². The van der Waals surface area contributed by atoms with Crippen molar-refractivity contribution in [3.8, 4) is 0 Å². The Bertz CT molecular complexity index is 352. The summed E-state index contributed by atoms with van der Waals surface area (Å²) >= 11 is 0. The van der Waals surface area contributed by atoms with Crippen LogP contribution in [0.25, 0.3) is 0 Å². The molecule has 1 aromatic carbocycles. The van der Waals surface area contributed by atoms with E-state index in [-0.39, 0.29) is 5.54 Å². The van der Waals surface area contributed by atoms with Crippen LogP contribution >= 0.6 is 0 Å². The highest BCUT2D eigenvalue weighted by Gasteiger charge is 2.24. The zero-order valence-electron chi connectivity index (χ0n) is 10.6. The normalized spacial score (nSPS) is 17.1. The van der Waals surface area contributed by atoms with Gasteiger partial charge in [-0.05, 0) is 45.7 Å². The van der Waals surface area contributed by atoms with E-state index in [4.69, 9.17) is 0 Å². The average Bonchev–Trinajstić information content (AvgIpc) is 2.17. The Morgan fingerprint density at radius 2 is 1.88 bits per heavy atom. The molecule has 0 atom stereocenters. The zero-order valence-corrected chi connectivity index (χ0v) is 10.6. The molecule has 0 amide bonds. The molecule has 0 aliphatic carbocycles. The number of anilines is 2. The molecule has 0 spiro atoms. The molecule has 1 N–H and O–H groups in total. The minimum absolute atomic E-state index is 0.190. The van der Waals surface area contributed by atoms with Gasteiger partial charge in [-0.15, -0.1) is 0 Å². The van der Waals surface area contributed by atoms with Gasteiger partial charge in [0.25, 0.3) is 0 Å². The maximum Gasteiger partial charge on any atom is 0.0606 e. The average molecular weight is 218 g/mol. The molecule has 2 nitrogen and oxygen atoms in total. The molecule has 0 saturated heterocycles. The number of nitrogens with one attached hydrogen (secondary N) is 1. The van der Waals surface area contributed by atoms with Gasteiger partial charge in [0.2, 0.25) is 0 Å². The van der Waals surface area contributed by atoms with Crippen molar-refractivity contribution in [1.82, 2.24) is 0 Å². The van der Waals surface area contributed by atoms with Crippen LogP contribution in [0.15, 0.2) is 24.3 Å². The first-order chi connectivity index (χ1) is 7.59. The van der Waals surface area contributed by atoms with Crippen LogP contribution in [0.1, 0.15) is 33.6 Å². The molecule has 1 heterocycles. The van der Waals surface area contributed by atoms with Gasteiger partial charge >= 0.3 is 0 Å². The summed E-state index contributed by atoms with van der Waals surface area (Å²) in [6.07, 6.45) is 2.51. The van der Waals surface area contributed by atoms with E-state index >= 15 is 0 Å². The van der Waals surface area contributed by atoms with Crippen molar-refractivity contribution >= 4 is 11.4 Å². The lowest BCUT2D eigenvalue weighted by atomic mass is 10.0. The third kappa shape index (κ3) is 2.31. The molecular formula is C14H22N2. The third-order valence-corrected chi connectivity index (χ3v) is 3.13. The quantitative estimate of drug-likeness (QED) is 0.717. The molecule has 16 heavy (non-hydrogen) atoms. The van der Waals surface area contributed by atoms with Gasteiger partial charge < -0.3 is 10.2 Å². The van der Waals surface area contributed by atoms with Gasteiger partial charge in [-0.25, -0.2) is 0 Å². The van der Waals surface area contributed by atoms with Crippen molar-refractivity contribution < 1.29 is 0 Å². The minimum Gasteiger partial charge on any atom is -0.383 e. The summed E-state index contributed by atoms with van der Waals surface area (Å²) in [5.41, 5.74) is 2.81. The highest BCUT2D eigenvalue weighted by atomic mass is 15.2. The summed E-state index contributed by atoms with van der Waals surface area (Å²) in [7, 11) is 0. The second-order valence-electron chi connectivity index (χ2n) is 5.47. The van der Waals surface area contributed by atoms with Crippen LogP contribution < -0.4 is 10.2 Å². The maximum absolute atomic E-state index is 3.53. The summed E-state index contributed by atoms with van der Waals surface area (Å²) in [5.74, 6) is 0. The summed E-state index contributed by atoms with van der Waals surface area (Å²) in [5, 5.41) is 3.53. The Morgan fingerprint density at radius 3 is 2.62 bits per heavy atom. The Balaban J connectivity index is 2.39. The number of fused-ring (bicyclic) bond motifs is 1. The van der Waals surface area contributed by atoms with Crippen LogP contribution in [0.4, 0.5) is 11.4 Å². The predicted molar refractivity (Wildman–Crippen MR) is 71.3 cm³/mol. The number of para-hydroxylation sites is 2. The topological polar surface area (TPSA) is 15.3 Å². The van der Waals surface area contributed by atoms with E-state index < -0.39 is 0 Å². The molecule has 1 aromatic rings. The molecule has 2 rings (SSSR count). The SMILES string of the molecule is CC(C)(C)N1CCCCNc2ccccc21. The predicted octanol–water partition coefficient (Wildman–Crippen LogP) is 3.50. The van der Waals surface area contributed by atoms with Crippen molar-refractivity contribution in [2.24, 2.45) is 0 Å². The van der Waals surface area contributed by atoms with Gasteiger partial charge in [0.05, 0.1) is 11.4 Å². The van der Waals surface area contributed by atoms with E-state index in [1.165, 1.54) is 24.2 Å². The van der Waals surface area contributed by atoms with Crippen molar-refractivity contribution in [3.05, 3.63) is 24.3 Å². The minimum atomic E-state index is 0.190. The molecule has 0 unspecified atom stereocenters. The highest BCUT2D eigenvalue weighted by molar-refractivity contribution is 5.71. The number of nitrogens with zero attached hydrogens (tertiary/aromatic N) is 1. The smallest absolute Gasteiger partial charge is 0.0606 e. The van der Waals surface area contributed by atoms with Crippen molar-refractivity contribution in [2.75, 3.05) is 23.3 Å². The van der Waals surface area contributed by atoms with Gasteiger partial charge in [-0.3, -0.25) is 0 Å². The van der Waals surface area contributed by atoms with Gasteiger partial charge in [0, 0.05) is 18.6 Å². The van der Waals surface area contributed by atoms with Crippen LogP contribution in [0.2, 0.25) is 0 Å². The van der Waals surface area contributed by atoms with Gasteiger partial charge in [0.15, 0.2) is 0 Å². The zero-order chi connectivity index (χ0) is 11.6. The van der Waals surface area contributed by atoms with Gasteiger partial charge in [0.1, 0.15) is 0 Å². The van der Waals surface area contributed by atoms with E-state index in [9.17, 15) is 0 Å². The van der Waals surface area contributed by atoms with Gasteiger partial charge in [-0.2, -0.15) is 0 Å². The molecule has 0 fully saturated rings. The fourth-order valence-corrected chi connectivity index (χ4v) is 2.29. The van der Waals surface area contributed by atoms with E-state index in [0.717, 1.165) is 13.1 Å². The molecule has 1 aliphatic rings. The van der Waals surface area contributed by atoms with Crippen LogP contribution in [0, 0.1) is 0 Å². The monoisotopic (exact) mass is 218 g/mol. The summed E-state index contributed by atoms with van der Waals surface area (Å²) in [6, 6.07) is 8.63. The van der Waals surface area contributed by atoms with Crippen LogP contribution in [-0.2, 0) is 0 Å². The fraction of sp³-hybridized carbons (Fsp3) is 0.571. The second kappa shape index (κ2) is 4.36. The van der Waals surface area contributed by atoms with Crippen LogP contribution in [0.3, 0.4) is 0 Å². The third-order valence-electron chi connectivity index (χ3n) is 3.13. The maximum atomic E-state index is 3.53. The lowest BCUT2D eigenvalue weighted by Gasteiger charge is -2.40. The number of hydrogen-bond donors (Lipinski definition) is 1. The Labute approximate surface area is 98.7 Å². The fourth-order valence-electron chi connectivity index (χ4n) is 2.29. The van der Waals surface area contributed by atoms with E-state index in [2.05, 4.69) is 55.3 Å². The Hall–Kier alpha value is -1.18. The highest BCUT2D eigenvalue weighted by Crippen LogP contribution is 2.32. The Morgan fingerprint density at radius 1 is 1.12 bits per heavy atom. The van der Waals surface area contributed by atoms with Crippen molar-refractivity contribution in [2.45, 2.75) is 39.2 Å². The first-order valence-electron chi connectivity index (χ1n) is 6.19. The van der Waals surface area contributed by atoms with Crippen molar-refractivity contribution in [3.63, 3.8) is 0 Å². The van der Waals surface area contributed by atoms with Gasteiger partial charge in [-0.1, -0.05) is 12.1 Å². The second-order valence-corrected chi connectivity index (χ2v) is 5.47. The standard InChI is InChI=1S/C14H22N2/c1-14(2,3)16-11-7-6-10-15-12-8-4-5-9-13(12)16/h4-5,8-9,15H,6-7,10-11H2,1-3H3. The molecule has 88 valence electrons. The Kier molecular flexibility index (Phi) is 3.08. The summed E-state index contributed by atoms with van der Waals surface area (Å²) in [4.78, 5) is 2.51. The first-order valence-corrected chi connectivity index (χ1v) is 6.19. The summed E-state index contributed by atoms with van der Waals surface area (Å²) in [6.45, 7) is 9.10. The largest absolute Gasteiger partial charge is 0.383 e. The number of rotatable bonds is 0. The number of benzene rings is 1. The molecular weight excluding hydrogens is 196 g/mol. The molecule has 0 saturated carbocycles. The van der Waals surface area contributed by atoms with Crippen molar-refractivity contribution in [1.29, 1.82) is 0 Å². The molecule has 0 radical (unpaired) electrons. The van der Waals surface area contributed by atoms with E-state index in [0.29, 0.717) is 0 Å². The molecule has 0 aromatic heterocycles. The first kappa shape index (κ1) is 11.3.